The van der Waals surface area contributed by atoms with Gasteiger partial charge in [-0.1, -0.05) is 121 Å². The van der Waals surface area contributed by atoms with Crippen LogP contribution in [0.5, 0.6) is 0 Å². The quantitative estimate of drug-likeness (QED) is 0.127. The molecule has 0 radical (unpaired) electrons. The largest absolute Gasteiger partial charge is 0.480 e. The molecule has 0 saturated heterocycles. The maximum Gasteiger partial charge on any atom is 0.323 e. The predicted octanol–water partition coefficient (Wildman–Crippen LogP) is 8.32. The number of imidazole rings is 1. The zero-order valence-electron chi connectivity index (χ0n) is 24.4. The van der Waals surface area contributed by atoms with Gasteiger partial charge in [0.15, 0.2) is 4.77 Å². The first-order valence-corrected chi connectivity index (χ1v) is 15.2. The Morgan fingerprint density at radius 3 is 1.75 bits per heavy atom. The van der Waals surface area contributed by atoms with Crippen molar-refractivity contribution < 1.29 is 9.90 Å². The number of carboxylic acids is 1. The van der Waals surface area contributed by atoms with E-state index in [-0.39, 0.29) is 6.42 Å². The molecule has 0 aliphatic heterocycles. The van der Waals surface area contributed by atoms with Gasteiger partial charge in [0.05, 0.1) is 21.6 Å². The van der Waals surface area contributed by atoms with Crippen molar-refractivity contribution in [2.75, 3.05) is 0 Å². The minimum absolute atomic E-state index is 0.235. The molecule has 0 amide bonds. The third-order valence-electron chi connectivity index (χ3n) is 8.34. The second-order valence-corrected chi connectivity index (χ2v) is 12.0. The fourth-order valence-electron chi connectivity index (χ4n) is 6.12. The molecule has 0 aliphatic rings. The van der Waals surface area contributed by atoms with Crippen molar-refractivity contribution in [1.82, 2.24) is 14.5 Å². The lowest BCUT2D eigenvalue weighted by Gasteiger charge is -2.43. The van der Waals surface area contributed by atoms with Crippen LogP contribution in [-0.4, -0.2) is 25.7 Å². The summed E-state index contributed by atoms with van der Waals surface area (Å²) in [5, 5.41) is 15.1. The number of halogens is 1. The zero-order chi connectivity index (χ0) is 30.9. The fraction of sp³-hybridized carbons (Fsp3) is 0.135. The lowest BCUT2D eigenvalue weighted by molar-refractivity contribution is -0.144. The zero-order valence-corrected chi connectivity index (χ0v) is 26.0. The minimum Gasteiger partial charge on any atom is -0.480 e. The number of fused-ring (bicyclic) bond motifs is 1. The number of hydrogen-bond acceptors (Lipinski definition) is 3. The maximum atomic E-state index is 13.2. The molecule has 0 saturated carbocycles. The number of aliphatic carboxylic acids is 1. The SMILES string of the molecule is Cn1c(=S)n(-c2ccc(CC(C)(NC(c3ccccc3)(c3ccccc3)c3ccccc3)C(=O)O)cc2)c2c(Cl)cccc21. The third kappa shape index (κ3) is 5.15. The second kappa shape index (κ2) is 11.9. The highest BCUT2D eigenvalue weighted by Crippen LogP contribution is 2.39. The van der Waals surface area contributed by atoms with Crippen molar-refractivity contribution in [2.24, 2.45) is 7.05 Å². The summed E-state index contributed by atoms with van der Waals surface area (Å²) in [5.41, 5.74) is 4.04. The summed E-state index contributed by atoms with van der Waals surface area (Å²) < 4.78 is 4.51. The molecule has 0 aliphatic carbocycles. The van der Waals surface area contributed by atoms with Crippen LogP contribution in [0.25, 0.3) is 16.7 Å². The first kappa shape index (κ1) is 29.6. The van der Waals surface area contributed by atoms with E-state index in [9.17, 15) is 9.90 Å². The molecule has 6 aromatic rings. The van der Waals surface area contributed by atoms with Crippen LogP contribution in [-0.2, 0) is 23.8 Å². The molecule has 2 N–H and O–H groups in total. The molecular weight excluding hydrogens is 586 g/mol. The van der Waals surface area contributed by atoms with Crippen LogP contribution in [0.3, 0.4) is 0 Å². The van der Waals surface area contributed by atoms with Gasteiger partial charge < -0.3 is 9.67 Å². The molecule has 220 valence electrons. The van der Waals surface area contributed by atoms with E-state index >= 15 is 0 Å². The van der Waals surface area contributed by atoms with Crippen LogP contribution in [0.2, 0.25) is 5.02 Å². The number of nitrogens with zero attached hydrogens (tertiary/aromatic N) is 2. The van der Waals surface area contributed by atoms with Gasteiger partial charge in [-0.3, -0.25) is 14.7 Å². The van der Waals surface area contributed by atoms with E-state index < -0.39 is 17.0 Å². The number of aryl methyl sites for hydroxylation is 1. The minimum atomic E-state index is -1.36. The van der Waals surface area contributed by atoms with E-state index in [2.05, 4.69) is 5.32 Å². The van der Waals surface area contributed by atoms with Crippen LogP contribution in [0.15, 0.2) is 133 Å². The van der Waals surface area contributed by atoms with Crippen molar-refractivity contribution in [1.29, 1.82) is 0 Å². The number of benzene rings is 5. The molecule has 1 atom stereocenters. The average Bonchev–Trinajstić information content (AvgIpc) is 3.32. The predicted molar refractivity (Wildman–Crippen MR) is 180 cm³/mol. The normalized spacial score (nSPS) is 13.1. The highest BCUT2D eigenvalue weighted by molar-refractivity contribution is 7.71. The van der Waals surface area contributed by atoms with Crippen molar-refractivity contribution in [3.05, 3.63) is 166 Å². The van der Waals surface area contributed by atoms with Crippen LogP contribution in [0.1, 0.15) is 29.2 Å². The van der Waals surface area contributed by atoms with Gasteiger partial charge in [0.2, 0.25) is 0 Å². The Bertz CT molecular complexity index is 1890. The van der Waals surface area contributed by atoms with Crippen LogP contribution < -0.4 is 5.32 Å². The summed E-state index contributed by atoms with van der Waals surface area (Å²) in [6, 6.07) is 43.7. The third-order valence-corrected chi connectivity index (χ3v) is 9.10. The molecule has 0 bridgehead atoms. The van der Waals surface area contributed by atoms with Gasteiger partial charge in [0, 0.05) is 19.2 Å². The first-order valence-electron chi connectivity index (χ1n) is 14.4. The Labute approximate surface area is 267 Å². The van der Waals surface area contributed by atoms with E-state index in [0.29, 0.717) is 9.79 Å². The van der Waals surface area contributed by atoms with E-state index in [0.717, 1.165) is 39.0 Å². The van der Waals surface area contributed by atoms with Gasteiger partial charge in [-0.2, -0.15) is 0 Å². The van der Waals surface area contributed by atoms with Crippen LogP contribution in [0.4, 0.5) is 0 Å². The monoisotopic (exact) mass is 617 g/mol. The molecule has 5 aromatic carbocycles. The summed E-state index contributed by atoms with van der Waals surface area (Å²) in [6.07, 6.45) is 0.235. The topological polar surface area (TPSA) is 59.2 Å². The van der Waals surface area contributed by atoms with Gasteiger partial charge in [-0.05, 0) is 65.7 Å². The number of carbonyl (C=O) groups is 1. The summed E-state index contributed by atoms with van der Waals surface area (Å²) >= 11 is 12.4. The summed E-state index contributed by atoms with van der Waals surface area (Å²) in [4.78, 5) is 13.2. The number of nitrogens with one attached hydrogen (secondary N) is 1. The molecule has 0 spiro atoms. The summed E-state index contributed by atoms with van der Waals surface area (Å²) in [7, 11) is 1.92. The molecule has 6 rings (SSSR count). The van der Waals surface area contributed by atoms with Crippen molar-refractivity contribution in [3.63, 3.8) is 0 Å². The van der Waals surface area contributed by atoms with Gasteiger partial charge in [0.25, 0.3) is 0 Å². The average molecular weight is 618 g/mol. The van der Waals surface area contributed by atoms with Gasteiger partial charge in [-0.15, -0.1) is 0 Å². The Balaban J connectivity index is 1.44. The van der Waals surface area contributed by atoms with Gasteiger partial charge >= 0.3 is 5.97 Å². The van der Waals surface area contributed by atoms with E-state index in [1.807, 2.05) is 150 Å². The molecule has 0 fully saturated rings. The summed E-state index contributed by atoms with van der Waals surface area (Å²) in [6.45, 7) is 1.76. The Kier molecular flexibility index (Phi) is 7.99. The van der Waals surface area contributed by atoms with Crippen LogP contribution >= 0.6 is 23.8 Å². The highest BCUT2D eigenvalue weighted by atomic mass is 35.5. The van der Waals surface area contributed by atoms with Crippen LogP contribution in [0, 0.1) is 4.77 Å². The van der Waals surface area contributed by atoms with Crippen molar-refractivity contribution in [2.45, 2.75) is 24.4 Å². The van der Waals surface area contributed by atoms with E-state index in [1.165, 1.54) is 0 Å². The smallest absolute Gasteiger partial charge is 0.323 e. The molecule has 1 heterocycles. The van der Waals surface area contributed by atoms with E-state index in [4.69, 9.17) is 23.8 Å². The number of rotatable bonds is 9. The Morgan fingerprint density at radius 1 is 0.773 bits per heavy atom. The lowest BCUT2D eigenvalue weighted by atomic mass is 9.74. The Morgan fingerprint density at radius 2 is 1.27 bits per heavy atom. The molecule has 7 heteroatoms. The summed E-state index contributed by atoms with van der Waals surface area (Å²) in [5.74, 6) is -0.947. The van der Waals surface area contributed by atoms with E-state index in [1.54, 1.807) is 6.92 Å². The van der Waals surface area contributed by atoms with Gasteiger partial charge in [-0.25, -0.2) is 0 Å². The molecule has 44 heavy (non-hydrogen) atoms. The standard InChI is InChI=1S/C37H32ClN3O2S/c1-36(34(42)43,25-26-21-23-30(24-22-26)41-33-31(38)19-12-20-32(33)40(2)35(41)44)39-37(27-13-6-3-7-14-27,28-15-8-4-9-16-28)29-17-10-5-11-18-29/h3-24,39H,25H2,1-2H3,(H,42,43). The molecule has 5 nitrogen and oxygen atoms in total. The fourth-order valence-corrected chi connectivity index (χ4v) is 6.67. The number of aromatic nitrogens is 2. The molecule has 1 aromatic heterocycles. The molecular formula is C37H32ClN3O2S. The second-order valence-electron chi connectivity index (χ2n) is 11.2. The maximum absolute atomic E-state index is 13.2. The lowest BCUT2D eigenvalue weighted by Crippen LogP contribution is -2.61. The highest BCUT2D eigenvalue weighted by Gasteiger charge is 2.45. The van der Waals surface area contributed by atoms with Crippen molar-refractivity contribution >= 4 is 40.8 Å². The number of para-hydroxylation sites is 1. The van der Waals surface area contributed by atoms with Crippen molar-refractivity contribution in [3.8, 4) is 5.69 Å². The number of hydrogen-bond donors (Lipinski definition) is 2. The van der Waals surface area contributed by atoms with Gasteiger partial charge in [0.1, 0.15) is 5.54 Å². The molecule has 1 unspecified atom stereocenters. The Hall–Kier alpha value is -4.49. The number of carboxylic acid groups (broad SMARTS) is 1. The first-order chi connectivity index (χ1) is 21.2.